The van der Waals surface area contributed by atoms with E-state index in [4.69, 9.17) is 10.2 Å². The Balaban J connectivity index is 2.38. The summed E-state index contributed by atoms with van der Waals surface area (Å²) in [7, 11) is 0. The SMILES string of the molecule is OCCCN1CC(O)CC(F)(F)C1. The van der Waals surface area contributed by atoms with Crippen LogP contribution in [0.2, 0.25) is 0 Å². The monoisotopic (exact) mass is 195 g/mol. The van der Waals surface area contributed by atoms with E-state index in [0.717, 1.165) is 0 Å². The van der Waals surface area contributed by atoms with E-state index in [-0.39, 0.29) is 19.7 Å². The van der Waals surface area contributed by atoms with Gasteiger partial charge in [-0.2, -0.15) is 0 Å². The van der Waals surface area contributed by atoms with Gasteiger partial charge in [-0.1, -0.05) is 0 Å². The first-order valence-corrected chi connectivity index (χ1v) is 4.42. The molecule has 0 saturated carbocycles. The quantitative estimate of drug-likeness (QED) is 0.669. The predicted molar refractivity (Wildman–Crippen MR) is 43.7 cm³/mol. The molecule has 1 atom stereocenters. The van der Waals surface area contributed by atoms with Crippen LogP contribution in [-0.4, -0.2) is 53.4 Å². The first-order valence-electron chi connectivity index (χ1n) is 4.42. The van der Waals surface area contributed by atoms with Crippen LogP contribution >= 0.6 is 0 Å². The molecule has 1 rings (SSSR count). The highest BCUT2D eigenvalue weighted by Gasteiger charge is 2.39. The predicted octanol–water partition coefficient (Wildman–Crippen LogP) is 0.0707. The Kier molecular flexibility index (Phi) is 3.58. The van der Waals surface area contributed by atoms with E-state index in [9.17, 15) is 8.78 Å². The zero-order valence-electron chi connectivity index (χ0n) is 7.42. The Morgan fingerprint density at radius 3 is 2.69 bits per heavy atom. The number of likely N-dealkylation sites (tertiary alicyclic amines) is 1. The highest BCUT2D eigenvalue weighted by atomic mass is 19.3. The van der Waals surface area contributed by atoms with E-state index in [1.54, 1.807) is 0 Å². The van der Waals surface area contributed by atoms with Gasteiger partial charge in [0.2, 0.25) is 0 Å². The molecule has 2 N–H and O–H groups in total. The van der Waals surface area contributed by atoms with Gasteiger partial charge < -0.3 is 10.2 Å². The molecular formula is C8H15F2NO2. The molecule has 1 aliphatic heterocycles. The molecule has 1 fully saturated rings. The van der Waals surface area contributed by atoms with Crippen molar-refractivity contribution in [3.63, 3.8) is 0 Å². The zero-order chi connectivity index (χ0) is 9.90. The Morgan fingerprint density at radius 2 is 2.15 bits per heavy atom. The third kappa shape index (κ3) is 3.54. The van der Waals surface area contributed by atoms with Gasteiger partial charge in [-0.25, -0.2) is 8.78 Å². The van der Waals surface area contributed by atoms with Gasteiger partial charge in [-0.3, -0.25) is 4.90 Å². The molecule has 0 aromatic rings. The van der Waals surface area contributed by atoms with Crippen molar-refractivity contribution in [2.24, 2.45) is 0 Å². The van der Waals surface area contributed by atoms with Crippen LogP contribution in [-0.2, 0) is 0 Å². The summed E-state index contributed by atoms with van der Waals surface area (Å²) in [4.78, 5) is 1.49. The lowest BCUT2D eigenvalue weighted by molar-refractivity contribution is -0.107. The van der Waals surface area contributed by atoms with Crippen molar-refractivity contribution in [1.82, 2.24) is 4.90 Å². The minimum atomic E-state index is -2.78. The summed E-state index contributed by atoms with van der Waals surface area (Å²) in [6.45, 7) is 0.404. The summed E-state index contributed by atoms with van der Waals surface area (Å²) >= 11 is 0. The second-order valence-electron chi connectivity index (χ2n) is 3.53. The topological polar surface area (TPSA) is 43.7 Å². The van der Waals surface area contributed by atoms with Gasteiger partial charge in [-0.05, 0) is 6.42 Å². The van der Waals surface area contributed by atoms with E-state index < -0.39 is 18.4 Å². The molecule has 1 heterocycles. The molecule has 3 nitrogen and oxygen atoms in total. The van der Waals surface area contributed by atoms with Crippen molar-refractivity contribution in [3.8, 4) is 0 Å². The Labute approximate surface area is 76.0 Å². The van der Waals surface area contributed by atoms with Crippen LogP contribution in [0.5, 0.6) is 0 Å². The zero-order valence-corrected chi connectivity index (χ0v) is 7.42. The standard InChI is InChI=1S/C8H15F2NO2/c9-8(10)4-7(13)5-11(6-8)2-1-3-12/h7,12-13H,1-6H2. The van der Waals surface area contributed by atoms with Gasteiger partial charge in [0.05, 0.1) is 12.6 Å². The summed E-state index contributed by atoms with van der Waals surface area (Å²) in [5.74, 6) is -2.78. The van der Waals surface area contributed by atoms with E-state index >= 15 is 0 Å². The summed E-state index contributed by atoms with van der Waals surface area (Å²) in [6, 6.07) is 0. The highest BCUT2D eigenvalue weighted by molar-refractivity contribution is 4.83. The van der Waals surface area contributed by atoms with Gasteiger partial charge in [0, 0.05) is 26.1 Å². The van der Waals surface area contributed by atoms with Crippen molar-refractivity contribution < 1.29 is 19.0 Å². The number of aliphatic hydroxyl groups excluding tert-OH is 2. The van der Waals surface area contributed by atoms with Gasteiger partial charge in [0.1, 0.15) is 0 Å². The maximum Gasteiger partial charge on any atom is 0.263 e. The Hall–Kier alpha value is -0.260. The smallest absolute Gasteiger partial charge is 0.263 e. The molecule has 0 amide bonds. The molecule has 1 aliphatic rings. The number of piperidine rings is 1. The number of hydrogen-bond donors (Lipinski definition) is 2. The maximum atomic E-state index is 12.9. The average molecular weight is 195 g/mol. The lowest BCUT2D eigenvalue weighted by atomic mass is 10.0. The number of hydrogen-bond acceptors (Lipinski definition) is 3. The van der Waals surface area contributed by atoms with Crippen molar-refractivity contribution in [1.29, 1.82) is 0 Å². The van der Waals surface area contributed by atoms with Gasteiger partial charge in [0.15, 0.2) is 0 Å². The van der Waals surface area contributed by atoms with Gasteiger partial charge >= 0.3 is 0 Å². The molecular weight excluding hydrogens is 180 g/mol. The number of nitrogens with zero attached hydrogens (tertiary/aromatic N) is 1. The number of β-amino-alcohol motifs (C(OH)–C–C–N with tert-alkyl or cyclic N) is 1. The van der Waals surface area contributed by atoms with Gasteiger partial charge in [-0.15, -0.1) is 0 Å². The summed E-state index contributed by atoms with van der Waals surface area (Å²) in [5, 5.41) is 17.6. The normalized spacial score (nSPS) is 29.1. The van der Waals surface area contributed by atoms with E-state index in [1.165, 1.54) is 4.90 Å². The van der Waals surface area contributed by atoms with Crippen LogP contribution in [0.25, 0.3) is 0 Å². The van der Waals surface area contributed by atoms with Crippen LogP contribution in [0.4, 0.5) is 8.78 Å². The van der Waals surface area contributed by atoms with Gasteiger partial charge in [0.25, 0.3) is 5.92 Å². The largest absolute Gasteiger partial charge is 0.396 e. The first kappa shape index (κ1) is 10.8. The first-order chi connectivity index (χ1) is 6.03. The second-order valence-corrected chi connectivity index (χ2v) is 3.53. The summed E-state index contributed by atoms with van der Waals surface area (Å²) < 4.78 is 25.7. The highest BCUT2D eigenvalue weighted by Crippen LogP contribution is 2.26. The minimum absolute atomic E-state index is 0.00182. The molecule has 78 valence electrons. The lowest BCUT2D eigenvalue weighted by Gasteiger charge is -2.35. The molecule has 0 aromatic carbocycles. The van der Waals surface area contributed by atoms with E-state index in [0.29, 0.717) is 13.0 Å². The molecule has 13 heavy (non-hydrogen) atoms. The summed E-state index contributed by atoms with van der Waals surface area (Å²) in [5.41, 5.74) is 0. The molecule has 0 spiro atoms. The number of rotatable bonds is 3. The lowest BCUT2D eigenvalue weighted by Crippen LogP contribution is -2.49. The molecule has 1 saturated heterocycles. The third-order valence-corrected chi connectivity index (χ3v) is 2.09. The third-order valence-electron chi connectivity index (χ3n) is 2.09. The van der Waals surface area contributed by atoms with E-state index in [2.05, 4.69) is 0 Å². The average Bonchev–Trinajstić information content (AvgIpc) is 1.97. The molecule has 0 aromatic heterocycles. The minimum Gasteiger partial charge on any atom is -0.396 e. The van der Waals surface area contributed by atoms with Crippen LogP contribution in [0.3, 0.4) is 0 Å². The van der Waals surface area contributed by atoms with Crippen LogP contribution in [0, 0.1) is 0 Å². The van der Waals surface area contributed by atoms with Crippen LogP contribution in [0.15, 0.2) is 0 Å². The van der Waals surface area contributed by atoms with Crippen molar-refractivity contribution in [3.05, 3.63) is 0 Å². The summed E-state index contributed by atoms with van der Waals surface area (Å²) in [6.07, 6.45) is -0.909. The van der Waals surface area contributed by atoms with Crippen LogP contribution < -0.4 is 0 Å². The molecule has 0 bridgehead atoms. The fourth-order valence-electron chi connectivity index (χ4n) is 1.63. The van der Waals surface area contributed by atoms with E-state index in [1.807, 2.05) is 0 Å². The fourth-order valence-corrected chi connectivity index (χ4v) is 1.63. The number of halogens is 2. The Morgan fingerprint density at radius 1 is 1.46 bits per heavy atom. The molecule has 0 radical (unpaired) electrons. The number of aliphatic hydroxyl groups is 2. The molecule has 5 heteroatoms. The second kappa shape index (κ2) is 4.30. The Bertz CT molecular complexity index is 166. The fraction of sp³-hybridized carbons (Fsp3) is 1.00. The maximum absolute atomic E-state index is 12.9. The van der Waals surface area contributed by atoms with Crippen molar-refractivity contribution in [2.45, 2.75) is 24.9 Å². The molecule has 0 aliphatic carbocycles. The van der Waals surface area contributed by atoms with Crippen LogP contribution in [0.1, 0.15) is 12.8 Å². The van der Waals surface area contributed by atoms with Crippen molar-refractivity contribution >= 4 is 0 Å². The van der Waals surface area contributed by atoms with Crippen molar-refractivity contribution in [2.75, 3.05) is 26.2 Å². The molecule has 1 unspecified atom stereocenters. The number of alkyl halides is 2.